The number of amides is 1. The number of benzene rings is 2. The lowest BCUT2D eigenvalue weighted by Gasteiger charge is -2.27. The molecule has 0 aromatic heterocycles. The van der Waals surface area contributed by atoms with Gasteiger partial charge >= 0.3 is 6.36 Å². The van der Waals surface area contributed by atoms with Gasteiger partial charge in [0.2, 0.25) is 5.91 Å². The van der Waals surface area contributed by atoms with E-state index >= 15 is 0 Å². The molecule has 0 aliphatic carbocycles. The summed E-state index contributed by atoms with van der Waals surface area (Å²) in [5, 5.41) is 13.0. The van der Waals surface area contributed by atoms with Gasteiger partial charge in [0.25, 0.3) is 0 Å². The molecule has 1 heterocycles. The summed E-state index contributed by atoms with van der Waals surface area (Å²) in [5.41, 5.74) is 2.22. The number of aliphatic hydroxyl groups is 1. The van der Waals surface area contributed by atoms with Gasteiger partial charge < -0.3 is 15.2 Å². The smallest absolute Gasteiger partial charge is 0.406 e. The van der Waals surface area contributed by atoms with Crippen LogP contribution in [0.3, 0.4) is 0 Å². The Morgan fingerprint density at radius 1 is 1.21 bits per heavy atom. The van der Waals surface area contributed by atoms with Crippen LogP contribution in [0.2, 0.25) is 0 Å². The number of nitrogens with zero attached hydrogens (tertiary/aromatic N) is 1. The molecule has 1 aliphatic rings. The van der Waals surface area contributed by atoms with E-state index in [1.165, 1.54) is 12.1 Å². The van der Waals surface area contributed by atoms with Gasteiger partial charge in [-0.15, -0.1) is 13.2 Å². The van der Waals surface area contributed by atoms with Crippen LogP contribution in [-0.4, -0.2) is 34.9 Å². The summed E-state index contributed by atoms with van der Waals surface area (Å²) in [6.07, 6.45) is -4.82. The fraction of sp³-hybridized carbons (Fsp3) is 0.350. The van der Waals surface area contributed by atoms with E-state index in [1.54, 1.807) is 6.92 Å². The highest BCUT2D eigenvalue weighted by Gasteiger charge is 2.31. The van der Waals surface area contributed by atoms with Crippen LogP contribution in [0.25, 0.3) is 0 Å². The zero-order valence-electron chi connectivity index (χ0n) is 15.2. The van der Waals surface area contributed by atoms with E-state index in [1.807, 2.05) is 29.2 Å². The zero-order chi connectivity index (χ0) is 20.3. The van der Waals surface area contributed by atoms with E-state index in [0.29, 0.717) is 25.2 Å². The van der Waals surface area contributed by atoms with Crippen LogP contribution in [0.1, 0.15) is 30.6 Å². The number of aliphatic hydroxyl groups excluding tert-OH is 1. The van der Waals surface area contributed by atoms with Gasteiger partial charge in [-0.2, -0.15) is 0 Å². The molecule has 3 rings (SSSR count). The number of alkyl halides is 3. The topological polar surface area (TPSA) is 61.8 Å². The maximum Gasteiger partial charge on any atom is 0.573 e. The number of carbonyl (C=O) groups excluding carboxylic acids is 1. The molecule has 0 bridgehead atoms. The zero-order valence-corrected chi connectivity index (χ0v) is 15.2. The number of carbonyl (C=O) groups is 1. The second-order valence-electron chi connectivity index (χ2n) is 6.71. The maximum atomic E-state index is 12.6. The predicted octanol–water partition coefficient (Wildman–Crippen LogP) is 3.85. The molecule has 5 nitrogen and oxygen atoms in total. The Hall–Kier alpha value is -2.58. The van der Waals surface area contributed by atoms with Crippen LogP contribution < -0.4 is 10.1 Å². The van der Waals surface area contributed by atoms with Crippen LogP contribution in [0, 0.1) is 0 Å². The third-order valence-corrected chi connectivity index (χ3v) is 4.76. The third-order valence-electron chi connectivity index (χ3n) is 4.76. The molecule has 0 spiro atoms. The van der Waals surface area contributed by atoms with Gasteiger partial charge in [0.1, 0.15) is 5.75 Å². The fourth-order valence-electron chi connectivity index (χ4n) is 3.23. The van der Waals surface area contributed by atoms with E-state index in [2.05, 4.69) is 10.1 Å². The summed E-state index contributed by atoms with van der Waals surface area (Å²) in [5.74, 6) is -0.630. The Morgan fingerprint density at radius 3 is 2.57 bits per heavy atom. The monoisotopic (exact) mass is 394 g/mol. The first kappa shape index (κ1) is 20.2. The van der Waals surface area contributed by atoms with Gasteiger partial charge in [-0.3, -0.25) is 9.69 Å². The van der Waals surface area contributed by atoms with Crippen molar-refractivity contribution in [1.29, 1.82) is 0 Å². The van der Waals surface area contributed by atoms with E-state index < -0.39 is 18.5 Å². The number of fused-ring (bicyclic) bond motifs is 1. The SMILES string of the molecule is C[C@H](C(=O)Nc1ccc(OC(F)(F)F)cc1)N1CC[C@@H](O)c2ccccc2C1. The minimum absolute atomic E-state index is 0.279. The molecule has 28 heavy (non-hydrogen) atoms. The van der Waals surface area contributed by atoms with Gasteiger partial charge in [-0.05, 0) is 48.7 Å². The molecule has 2 aromatic carbocycles. The molecule has 0 unspecified atom stereocenters. The summed E-state index contributed by atoms with van der Waals surface area (Å²) in [7, 11) is 0. The van der Waals surface area contributed by atoms with Crippen LogP contribution >= 0.6 is 0 Å². The van der Waals surface area contributed by atoms with E-state index in [4.69, 9.17) is 0 Å². The van der Waals surface area contributed by atoms with Crippen molar-refractivity contribution in [2.75, 3.05) is 11.9 Å². The summed E-state index contributed by atoms with van der Waals surface area (Å²) in [6, 6.07) is 12.1. The molecule has 150 valence electrons. The van der Waals surface area contributed by atoms with Crippen molar-refractivity contribution in [3.63, 3.8) is 0 Å². The summed E-state index contributed by atoms with van der Waals surface area (Å²) in [6.45, 7) is 2.83. The van der Waals surface area contributed by atoms with Crippen LogP contribution in [0.15, 0.2) is 48.5 Å². The van der Waals surface area contributed by atoms with Gasteiger partial charge in [0, 0.05) is 18.8 Å². The van der Waals surface area contributed by atoms with E-state index in [-0.39, 0.29) is 11.7 Å². The number of hydrogen-bond donors (Lipinski definition) is 2. The first-order valence-electron chi connectivity index (χ1n) is 8.89. The molecule has 0 saturated carbocycles. The average Bonchev–Trinajstić information content (AvgIpc) is 2.81. The second kappa shape index (κ2) is 8.20. The predicted molar refractivity (Wildman–Crippen MR) is 97.6 cm³/mol. The van der Waals surface area contributed by atoms with Gasteiger partial charge in [-0.25, -0.2) is 0 Å². The Bertz CT molecular complexity index is 824. The molecule has 1 aliphatic heterocycles. The second-order valence-corrected chi connectivity index (χ2v) is 6.71. The van der Waals surface area contributed by atoms with E-state index in [9.17, 15) is 23.1 Å². The summed E-state index contributed by atoms with van der Waals surface area (Å²) >= 11 is 0. The average molecular weight is 394 g/mol. The number of rotatable bonds is 4. The maximum absolute atomic E-state index is 12.6. The molecule has 0 saturated heterocycles. The van der Waals surface area contributed by atoms with Crippen molar-refractivity contribution >= 4 is 11.6 Å². The van der Waals surface area contributed by atoms with Crippen molar-refractivity contribution in [3.05, 3.63) is 59.7 Å². The van der Waals surface area contributed by atoms with Crippen molar-refractivity contribution in [2.24, 2.45) is 0 Å². The number of anilines is 1. The molecule has 1 amide bonds. The highest BCUT2D eigenvalue weighted by molar-refractivity contribution is 5.94. The number of hydrogen-bond acceptors (Lipinski definition) is 4. The third kappa shape index (κ3) is 5.02. The number of halogens is 3. The Morgan fingerprint density at radius 2 is 1.89 bits per heavy atom. The highest BCUT2D eigenvalue weighted by atomic mass is 19.4. The van der Waals surface area contributed by atoms with Crippen molar-refractivity contribution in [3.8, 4) is 5.75 Å². The highest BCUT2D eigenvalue weighted by Crippen LogP contribution is 2.28. The Labute approximate surface area is 160 Å². The van der Waals surface area contributed by atoms with E-state index in [0.717, 1.165) is 23.3 Å². The van der Waals surface area contributed by atoms with Crippen LogP contribution in [0.5, 0.6) is 5.75 Å². The van der Waals surface area contributed by atoms with Gasteiger partial charge in [-0.1, -0.05) is 24.3 Å². The minimum atomic E-state index is -4.76. The van der Waals surface area contributed by atoms with Crippen molar-refractivity contribution in [2.45, 2.75) is 38.4 Å². The first-order valence-corrected chi connectivity index (χ1v) is 8.89. The molecular weight excluding hydrogens is 373 g/mol. The summed E-state index contributed by atoms with van der Waals surface area (Å²) in [4.78, 5) is 14.6. The number of ether oxygens (including phenoxy) is 1. The van der Waals surface area contributed by atoms with Gasteiger partial charge in [0.05, 0.1) is 12.1 Å². The van der Waals surface area contributed by atoms with Gasteiger partial charge in [0.15, 0.2) is 0 Å². The molecule has 2 N–H and O–H groups in total. The standard InChI is InChI=1S/C20H21F3N2O3/c1-13(25-11-10-18(26)17-5-3-2-4-14(17)12-25)19(27)24-15-6-8-16(9-7-15)28-20(21,22)23/h2-9,13,18,26H,10-12H2,1H3,(H,24,27)/t13-,18-/m1/s1. The molecule has 8 heteroatoms. The molecule has 2 atom stereocenters. The largest absolute Gasteiger partial charge is 0.573 e. The quantitative estimate of drug-likeness (QED) is 0.827. The summed E-state index contributed by atoms with van der Waals surface area (Å²) < 4.78 is 40.5. The lowest BCUT2D eigenvalue weighted by atomic mass is 10.0. The Balaban J connectivity index is 1.64. The Kier molecular flexibility index (Phi) is 5.90. The normalized spacial score (nSPS) is 18.7. The van der Waals surface area contributed by atoms with Crippen molar-refractivity contribution in [1.82, 2.24) is 4.90 Å². The molecule has 0 radical (unpaired) electrons. The van der Waals surface area contributed by atoms with Crippen LogP contribution in [-0.2, 0) is 11.3 Å². The lowest BCUT2D eigenvalue weighted by molar-refractivity contribution is -0.274. The number of nitrogens with one attached hydrogen (secondary N) is 1. The van der Waals surface area contributed by atoms with Crippen molar-refractivity contribution < 1.29 is 27.8 Å². The molecular formula is C20H21F3N2O3. The minimum Gasteiger partial charge on any atom is -0.406 e. The lowest BCUT2D eigenvalue weighted by Crippen LogP contribution is -2.41. The molecule has 2 aromatic rings. The molecule has 0 fully saturated rings. The first-order chi connectivity index (χ1) is 13.2. The van der Waals surface area contributed by atoms with Crippen LogP contribution in [0.4, 0.5) is 18.9 Å². The fourth-order valence-corrected chi connectivity index (χ4v) is 3.23.